The van der Waals surface area contributed by atoms with E-state index in [0.717, 1.165) is 31.7 Å². The van der Waals surface area contributed by atoms with E-state index < -0.39 is 0 Å². The van der Waals surface area contributed by atoms with Crippen LogP contribution in [0.5, 0.6) is 5.75 Å². The normalized spacial score (nSPS) is 20.1. The third kappa shape index (κ3) is 2.76. The van der Waals surface area contributed by atoms with Gasteiger partial charge in [0.1, 0.15) is 11.4 Å². The molecule has 20 heavy (non-hydrogen) atoms. The van der Waals surface area contributed by atoms with Crippen molar-refractivity contribution >= 4 is 5.57 Å². The monoisotopic (exact) mass is 271 g/mol. The molecule has 1 aromatic carbocycles. The molecule has 0 saturated carbocycles. The van der Waals surface area contributed by atoms with E-state index >= 15 is 0 Å². The molecule has 108 valence electrons. The van der Waals surface area contributed by atoms with Gasteiger partial charge in [-0.2, -0.15) is 0 Å². The fraction of sp³-hybridized carbons (Fsp3) is 0.556. The largest absolute Gasteiger partial charge is 0.482 e. The number of allylic oxidation sites excluding steroid dienone is 1. The van der Waals surface area contributed by atoms with Crippen LogP contribution >= 0.6 is 0 Å². The summed E-state index contributed by atoms with van der Waals surface area (Å²) in [5.41, 5.74) is 2.76. The molecule has 1 aromatic rings. The second kappa shape index (κ2) is 6.01. The lowest BCUT2D eigenvalue weighted by molar-refractivity contribution is 0.0813. The number of piperidine rings is 1. The van der Waals surface area contributed by atoms with Crippen molar-refractivity contribution in [2.45, 2.75) is 51.0 Å². The molecule has 0 aliphatic carbocycles. The van der Waals surface area contributed by atoms with Crippen molar-refractivity contribution in [3.8, 4) is 5.75 Å². The smallest absolute Gasteiger partial charge is 0.130 e. The number of unbranched alkanes of at least 4 members (excludes halogenated alkanes) is 2. The van der Waals surface area contributed by atoms with E-state index in [1.54, 1.807) is 0 Å². The SMILES string of the molecule is CCCCCC1=CC2(CCNCC2)Oc2ccccc21. The zero-order valence-corrected chi connectivity index (χ0v) is 12.5. The van der Waals surface area contributed by atoms with Crippen LogP contribution < -0.4 is 10.1 Å². The van der Waals surface area contributed by atoms with E-state index in [1.165, 1.54) is 36.8 Å². The minimum absolute atomic E-state index is 0.0544. The first-order valence-electron chi connectivity index (χ1n) is 8.04. The van der Waals surface area contributed by atoms with E-state index in [9.17, 15) is 0 Å². The average Bonchev–Trinajstić information content (AvgIpc) is 2.48. The Labute approximate surface area is 122 Å². The molecule has 2 heteroatoms. The summed E-state index contributed by atoms with van der Waals surface area (Å²) >= 11 is 0. The topological polar surface area (TPSA) is 21.3 Å². The van der Waals surface area contributed by atoms with Gasteiger partial charge in [0.05, 0.1) is 0 Å². The lowest BCUT2D eigenvalue weighted by Crippen LogP contribution is -2.46. The highest BCUT2D eigenvalue weighted by molar-refractivity contribution is 5.73. The second-order valence-electron chi connectivity index (χ2n) is 6.04. The number of para-hydroxylation sites is 1. The lowest BCUT2D eigenvalue weighted by atomic mass is 9.84. The van der Waals surface area contributed by atoms with Crippen LogP contribution in [-0.2, 0) is 0 Å². The highest BCUT2D eigenvalue weighted by Gasteiger charge is 2.36. The highest BCUT2D eigenvalue weighted by atomic mass is 16.5. The van der Waals surface area contributed by atoms with Gasteiger partial charge >= 0.3 is 0 Å². The number of hydrogen-bond donors (Lipinski definition) is 1. The van der Waals surface area contributed by atoms with Gasteiger partial charge in [-0.3, -0.25) is 0 Å². The third-order valence-electron chi connectivity index (χ3n) is 4.48. The molecule has 0 aromatic heterocycles. The Kier molecular flexibility index (Phi) is 4.11. The Bertz CT molecular complexity index is 486. The van der Waals surface area contributed by atoms with Gasteiger partial charge in [0.25, 0.3) is 0 Å². The van der Waals surface area contributed by atoms with Crippen LogP contribution in [-0.4, -0.2) is 18.7 Å². The van der Waals surface area contributed by atoms with Gasteiger partial charge in [-0.25, -0.2) is 0 Å². The van der Waals surface area contributed by atoms with Gasteiger partial charge in [-0.15, -0.1) is 0 Å². The van der Waals surface area contributed by atoms with Crippen LogP contribution in [0.25, 0.3) is 5.57 Å². The van der Waals surface area contributed by atoms with Crippen LogP contribution in [0.3, 0.4) is 0 Å². The number of rotatable bonds is 4. The molecule has 2 aliphatic rings. The van der Waals surface area contributed by atoms with Crippen molar-refractivity contribution in [1.29, 1.82) is 0 Å². The molecule has 1 N–H and O–H groups in total. The summed E-state index contributed by atoms with van der Waals surface area (Å²) in [6, 6.07) is 8.55. The van der Waals surface area contributed by atoms with Crippen LogP contribution in [0, 0.1) is 0 Å². The summed E-state index contributed by atoms with van der Waals surface area (Å²) in [6.07, 6.45) is 9.66. The molecule has 2 nitrogen and oxygen atoms in total. The third-order valence-corrected chi connectivity index (χ3v) is 4.48. The molecule has 2 aliphatic heterocycles. The zero-order chi connectivity index (χ0) is 13.8. The summed E-state index contributed by atoms with van der Waals surface area (Å²) in [5.74, 6) is 1.09. The molecular weight excluding hydrogens is 246 g/mol. The van der Waals surface area contributed by atoms with E-state index in [2.05, 4.69) is 42.6 Å². The van der Waals surface area contributed by atoms with Gasteiger partial charge in [0.2, 0.25) is 0 Å². The van der Waals surface area contributed by atoms with Crippen LogP contribution in [0.15, 0.2) is 30.3 Å². The maximum atomic E-state index is 6.38. The van der Waals surface area contributed by atoms with E-state index in [4.69, 9.17) is 4.74 Å². The Balaban J connectivity index is 1.88. The Morgan fingerprint density at radius 2 is 1.95 bits per heavy atom. The molecule has 1 saturated heterocycles. The van der Waals surface area contributed by atoms with Crippen molar-refractivity contribution in [2.24, 2.45) is 0 Å². The summed E-state index contributed by atoms with van der Waals surface area (Å²) in [6.45, 7) is 4.38. The Morgan fingerprint density at radius 1 is 1.15 bits per heavy atom. The van der Waals surface area contributed by atoms with E-state index in [1.807, 2.05) is 0 Å². The predicted molar refractivity (Wildman–Crippen MR) is 84.0 cm³/mol. The molecular formula is C18H25NO. The summed E-state index contributed by atoms with van der Waals surface area (Å²) < 4.78 is 6.38. The van der Waals surface area contributed by atoms with Crippen molar-refractivity contribution in [3.05, 3.63) is 35.9 Å². The fourth-order valence-electron chi connectivity index (χ4n) is 3.33. The first-order valence-corrected chi connectivity index (χ1v) is 8.04. The van der Waals surface area contributed by atoms with Crippen molar-refractivity contribution in [3.63, 3.8) is 0 Å². The van der Waals surface area contributed by atoms with Crippen molar-refractivity contribution < 1.29 is 4.74 Å². The van der Waals surface area contributed by atoms with Crippen LogP contribution in [0.2, 0.25) is 0 Å². The summed E-state index contributed by atoms with van der Waals surface area (Å²) in [7, 11) is 0. The molecule has 2 heterocycles. The molecule has 0 radical (unpaired) electrons. The number of ether oxygens (including phenoxy) is 1. The predicted octanol–water partition coefficient (Wildman–Crippen LogP) is 4.16. The van der Waals surface area contributed by atoms with Gasteiger partial charge in [0.15, 0.2) is 0 Å². The second-order valence-corrected chi connectivity index (χ2v) is 6.04. The Morgan fingerprint density at radius 3 is 2.75 bits per heavy atom. The quantitative estimate of drug-likeness (QED) is 0.830. The molecule has 0 atom stereocenters. The molecule has 1 fully saturated rings. The molecule has 0 unspecified atom stereocenters. The maximum absolute atomic E-state index is 6.38. The van der Waals surface area contributed by atoms with Crippen LogP contribution in [0.1, 0.15) is 51.0 Å². The van der Waals surface area contributed by atoms with Gasteiger partial charge in [0, 0.05) is 18.4 Å². The molecule has 0 amide bonds. The molecule has 1 spiro atoms. The molecule has 3 rings (SSSR count). The number of hydrogen-bond acceptors (Lipinski definition) is 2. The first kappa shape index (κ1) is 13.7. The van der Waals surface area contributed by atoms with Gasteiger partial charge < -0.3 is 10.1 Å². The van der Waals surface area contributed by atoms with Crippen LogP contribution in [0.4, 0.5) is 0 Å². The van der Waals surface area contributed by atoms with E-state index in [0.29, 0.717) is 0 Å². The number of benzene rings is 1. The lowest BCUT2D eigenvalue weighted by Gasteiger charge is -2.40. The van der Waals surface area contributed by atoms with E-state index in [-0.39, 0.29) is 5.60 Å². The summed E-state index contributed by atoms with van der Waals surface area (Å²) in [5, 5.41) is 3.44. The fourth-order valence-corrected chi connectivity index (χ4v) is 3.33. The van der Waals surface area contributed by atoms with Gasteiger partial charge in [-0.1, -0.05) is 38.0 Å². The minimum atomic E-state index is -0.0544. The first-order chi connectivity index (χ1) is 9.83. The van der Waals surface area contributed by atoms with Crippen molar-refractivity contribution in [2.75, 3.05) is 13.1 Å². The summed E-state index contributed by atoms with van der Waals surface area (Å²) in [4.78, 5) is 0. The van der Waals surface area contributed by atoms with Gasteiger partial charge in [-0.05, 0) is 43.6 Å². The zero-order valence-electron chi connectivity index (χ0n) is 12.5. The number of nitrogens with one attached hydrogen (secondary N) is 1. The average molecular weight is 271 g/mol. The molecule has 0 bridgehead atoms. The maximum Gasteiger partial charge on any atom is 0.130 e. The van der Waals surface area contributed by atoms with Crippen molar-refractivity contribution in [1.82, 2.24) is 5.32 Å². The minimum Gasteiger partial charge on any atom is -0.482 e. The number of fused-ring (bicyclic) bond motifs is 1. The standard InChI is InChI=1S/C18H25NO/c1-2-3-4-7-15-14-18(10-12-19-13-11-18)20-17-9-6-5-8-16(15)17/h5-6,8-9,14,19H,2-4,7,10-13H2,1H3. The highest BCUT2D eigenvalue weighted by Crippen LogP contribution is 2.41. The Hall–Kier alpha value is -1.28.